The molecule has 1 aromatic carbocycles. The van der Waals surface area contributed by atoms with Gasteiger partial charge in [0.05, 0.1) is 12.2 Å². The van der Waals surface area contributed by atoms with Crippen LogP contribution in [0.15, 0.2) is 18.2 Å². The van der Waals surface area contributed by atoms with Gasteiger partial charge >= 0.3 is 6.09 Å². The van der Waals surface area contributed by atoms with Crippen LogP contribution < -0.4 is 5.32 Å². The summed E-state index contributed by atoms with van der Waals surface area (Å²) < 4.78 is 10.4. The second kappa shape index (κ2) is 7.05. The van der Waals surface area contributed by atoms with Crippen molar-refractivity contribution in [3.63, 3.8) is 0 Å². The number of carbonyl (C=O) groups excluding carboxylic acids is 1. The maximum absolute atomic E-state index is 11.5. The SMILES string of the molecule is Cc1[c]ccc(C(=N)NC(=O)OCCOC(C)(C)C)c1. The van der Waals surface area contributed by atoms with E-state index < -0.39 is 6.09 Å². The van der Waals surface area contributed by atoms with Crippen molar-refractivity contribution in [3.8, 4) is 0 Å². The minimum Gasteiger partial charge on any atom is -0.447 e. The fourth-order valence-corrected chi connectivity index (χ4v) is 1.43. The van der Waals surface area contributed by atoms with E-state index in [0.29, 0.717) is 12.2 Å². The third-order valence-corrected chi connectivity index (χ3v) is 2.31. The number of benzene rings is 1. The summed E-state index contributed by atoms with van der Waals surface area (Å²) in [6, 6.07) is 8.17. The quantitative estimate of drug-likeness (QED) is 0.505. The van der Waals surface area contributed by atoms with Gasteiger partial charge in [-0.2, -0.15) is 0 Å². The predicted molar refractivity (Wildman–Crippen MR) is 77.0 cm³/mol. The molecular formula is C15H21N2O3. The third-order valence-electron chi connectivity index (χ3n) is 2.31. The van der Waals surface area contributed by atoms with Crippen molar-refractivity contribution in [3.05, 3.63) is 35.4 Å². The first-order valence-corrected chi connectivity index (χ1v) is 6.43. The van der Waals surface area contributed by atoms with E-state index in [1.54, 1.807) is 18.2 Å². The lowest BCUT2D eigenvalue weighted by molar-refractivity contribution is -0.0226. The van der Waals surface area contributed by atoms with Crippen LogP contribution in [0.25, 0.3) is 0 Å². The van der Waals surface area contributed by atoms with Crippen molar-refractivity contribution >= 4 is 11.9 Å². The van der Waals surface area contributed by atoms with Crippen LogP contribution in [0.3, 0.4) is 0 Å². The van der Waals surface area contributed by atoms with E-state index in [1.807, 2.05) is 27.7 Å². The van der Waals surface area contributed by atoms with Gasteiger partial charge in [0.2, 0.25) is 0 Å². The summed E-state index contributed by atoms with van der Waals surface area (Å²) in [5.41, 5.74) is 1.26. The fraction of sp³-hybridized carbons (Fsp3) is 0.467. The Morgan fingerprint density at radius 3 is 2.70 bits per heavy atom. The second-order valence-electron chi connectivity index (χ2n) is 5.36. The number of aryl methyl sites for hydroxylation is 1. The van der Waals surface area contributed by atoms with Crippen LogP contribution in [0, 0.1) is 18.4 Å². The van der Waals surface area contributed by atoms with Gasteiger partial charge in [0.25, 0.3) is 0 Å². The molecule has 0 atom stereocenters. The Bertz CT molecular complexity index is 478. The fourth-order valence-electron chi connectivity index (χ4n) is 1.43. The number of alkyl carbamates (subject to hydrolysis) is 1. The van der Waals surface area contributed by atoms with Crippen LogP contribution in [0.5, 0.6) is 0 Å². The van der Waals surface area contributed by atoms with Gasteiger partial charge in [0.15, 0.2) is 0 Å². The molecule has 0 saturated heterocycles. The Hall–Kier alpha value is -1.88. The summed E-state index contributed by atoms with van der Waals surface area (Å²) in [7, 11) is 0. The van der Waals surface area contributed by atoms with Crippen molar-refractivity contribution in [1.29, 1.82) is 5.41 Å². The number of ether oxygens (including phenoxy) is 2. The van der Waals surface area contributed by atoms with Gasteiger partial charge in [0, 0.05) is 5.56 Å². The van der Waals surface area contributed by atoms with Crippen molar-refractivity contribution in [2.45, 2.75) is 33.3 Å². The number of amidine groups is 1. The van der Waals surface area contributed by atoms with Gasteiger partial charge < -0.3 is 9.47 Å². The lowest BCUT2D eigenvalue weighted by Gasteiger charge is -2.19. The van der Waals surface area contributed by atoms with Crippen molar-refractivity contribution in [2.24, 2.45) is 0 Å². The number of hydrogen-bond acceptors (Lipinski definition) is 4. The molecule has 0 aliphatic heterocycles. The zero-order valence-corrected chi connectivity index (χ0v) is 12.4. The summed E-state index contributed by atoms with van der Waals surface area (Å²) in [6.45, 7) is 8.13. The first-order chi connectivity index (χ1) is 9.28. The van der Waals surface area contributed by atoms with Crippen LogP contribution in [-0.4, -0.2) is 30.7 Å². The molecule has 20 heavy (non-hydrogen) atoms. The summed E-state index contributed by atoms with van der Waals surface area (Å²) in [4.78, 5) is 11.5. The third kappa shape index (κ3) is 6.33. The van der Waals surface area contributed by atoms with E-state index in [-0.39, 0.29) is 18.0 Å². The predicted octanol–water partition coefficient (Wildman–Crippen LogP) is 2.66. The molecule has 0 spiro atoms. The smallest absolute Gasteiger partial charge is 0.412 e. The largest absolute Gasteiger partial charge is 0.447 e. The van der Waals surface area contributed by atoms with Crippen molar-refractivity contribution < 1.29 is 14.3 Å². The molecule has 0 fully saturated rings. The molecule has 0 saturated carbocycles. The van der Waals surface area contributed by atoms with E-state index in [1.165, 1.54) is 0 Å². The van der Waals surface area contributed by atoms with Crippen LogP contribution in [0.4, 0.5) is 4.79 Å². The first kappa shape index (κ1) is 16.2. The van der Waals surface area contributed by atoms with Gasteiger partial charge in [-0.15, -0.1) is 0 Å². The van der Waals surface area contributed by atoms with Crippen LogP contribution >= 0.6 is 0 Å². The Labute approximate surface area is 119 Å². The summed E-state index contributed by atoms with van der Waals surface area (Å²) in [5.74, 6) is 0.00356. The monoisotopic (exact) mass is 277 g/mol. The number of rotatable bonds is 4. The Kier molecular flexibility index (Phi) is 5.70. The second-order valence-corrected chi connectivity index (χ2v) is 5.36. The molecule has 5 heteroatoms. The van der Waals surface area contributed by atoms with Gasteiger partial charge in [-0.25, -0.2) is 4.79 Å². The van der Waals surface area contributed by atoms with E-state index in [4.69, 9.17) is 14.9 Å². The minimum atomic E-state index is -0.655. The van der Waals surface area contributed by atoms with Crippen molar-refractivity contribution in [2.75, 3.05) is 13.2 Å². The lowest BCUT2D eigenvalue weighted by atomic mass is 10.1. The van der Waals surface area contributed by atoms with Gasteiger partial charge in [-0.3, -0.25) is 10.7 Å². The molecule has 2 N–H and O–H groups in total. The van der Waals surface area contributed by atoms with Crippen LogP contribution in [-0.2, 0) is 9.47 Å². The number of nitrogens with one attached hydrogen (secondary N) is 2. The molecule has 1 radical (unpaired) electrons. The van der Waals surface area contributed by atoms with E-state index >= 15 is 0 Å². The topological polar surface area (TPSA) is 71.4 Å². The van der Waals surface area contributed by atoms with Crippen molar-refractivity contribution in [1.82, 2.24) is 5.32 Å². The minimum absolute atomic E-state index is 0.00356. The molecule has 0 aliphatic rings. The van der Waals surface area contributed by atoms with E-state index in [2.05, 4.69) is 11.4 Å². The standard InChI is InChI=1S/C15H21N2O3/c1-11-6-5-7-12(10-11)13(16)17-14(18)19-8-9-20-15(2,3)4/h5,7,10H,8-9H2,1-4H3,(H2,16,17,18). The lowest BCUT2D eigenvalue weighted by Crippen LogP contribution is -2.32. The van der Waals surface area contributed by atoms with Gasteiger partial charge in [-0.05, 0) is 45.4 Å². The molecule has 109 valence electrons. The molecule has 5 nitrogen and oxygen atoms in total. The number of amides is 1. The van der Waals surface area contributed by atoms with Crippen LogP contribution in [0.1, 0.15) is 31.9 Å². The maximum atomic E-state index is 11.5. The summed E-state index contributed by atoms with van der Waals surface area (Å²) in [5, 5.41) is 10.2. The summed E-state index contributed by atoms with van der Waals surface area (Å²) in [6.07, 6.45) is -0.655. The zero-order valence-electron chi connectivity index (χ0n) is 12.4. The Morgan fingerprint density at radius 2 is 2.10 bits per heavy atom. The molecule has 1 amide bonds. The molecule has 1 rings (SSSR count). The normalized spacial score (nSPS) is 11.0. The highest BCUT2D eigenvalue weighted by Gasteiger charge is 2.11. The van der Waals surface area contributed by atoms with E-state index in [9.17, 15) is 4.79 Å². The molecule has 0 aromatic heterocycles. The van der Waals surface area contributed by atoms with E-state index in [0.717, 1.165) is 5.56 Å². The van der Waals surface area contributed by atoms with Gasteiger partial charge in [0.1, 0.15) is 12.4 Å². The Balaban J connectivity index is 2.34. The average Bonchev–Trinajstić information content (AvgIpc) is 2.33. The average molecular weight is 277 g/mol. The highest BCUT2D eigenvalue weighted by atomic mass is 16.6. The molecule has 0 aliphatic carbocycles. The highest BCUT2D eigenvalue weighted by molar-refractivity contribution is 6.04. The van der Waals surface area contributed by atoms with Crippen LogP contribution in [0.2, 0.25) is 0 Å². The molecule has 0 heterocycles. The number of carbonyl (C=O) groups is 1. The highest BCUT2D eigenvalue weighted by Crippen LogP contribution is 2.06. The number of hydrogen-bond donors (Lipinski definition) is 2. The first-order valence-electron chi connectivity index (χ1n) is 6.43. The molecule has 1 aromatic rings. The summed E-state index contributed by atoms with van der Waals surface area (Å²) >= 11 is 0. The molecular weight excluding hydrogens is 256 g/mol. The Morgan fingerprint density at radius 1 is 1.40 bits per heavy atom. The molecule has 0 bridgehead atoms. The van der Waals surface area contributed by atoms with Gasteiger partial charge in [-0.1, -0.05) is 12.1 Å². The zero-order chi connectivity index (χ0) is 15.2. The maximum Gasteiger partial charge on any atom is 0.412 e. The molecule has 0 unspecified atom stereocenters.